The Labute approximate surface area is 241 Å². The van der Waals surface area contributed by atoms with E-state index in [4.69, 9.17) is 4.74 Å². The Morgan fingerprint density at radius 1 is 0.854 bits per heavy atom. The van der Waals surface area contributed by atoms with Crippen molar-refractivity contribution in [1.29, 1.82) is 0 Å². The van der Waals surface area contributed by atoms with Crippen LogP contribution in [0.25, 0.3) is 0 Å². The van der Waals surface area contributed by atoms with Crippen LogP contribution in [0.1, 0.15) is 37.0 Å². The summed E-state index contributed by atoms with van der Waals surface area (Å²) in [7, 11) is 1.36. The van der Waals surface area contributed by atoms with Gasteiger partial charge in [0.1, 0.15) is 12.1 Å². The molecule has 3 aliphatic heterocycles. The molecular formula is C34H37N3O4. The van der Waals surface area contributed by atoms with Gasteiger partial charge in [0, 0.05) is 26.2 Å². The summed E-state index contributed by atoms with van der Waals surface area (Å²) in [6.45, 7) is 5.78. The number of methoxy groups -OCH3 is 1. The van der Waals surface area contributed by atoms with E-state index in [0.717, 1.165) is 16.7 Å². The number of hydrogen-bond donors (Lipinski definition) is 0. The van der Waals surface area contributed by atoms with Crippen LogP contribution in [0.3, 0.4) is 0 Å². The van der Waals surface area contributed by atoms with Gasteiger partial charge in [0.25, 0.3) is 0 Å². The van der Waals surface area contributed by atoms with Gasteiger partial charge >= 0.3 is 5.97 Å². The van der Waals surface area contributed by atoms with Gasteiger partial charge in [0.05, 0.1) is 18.1 Å². The third kappa shape index (κ3) is 4.34. The summed E-state index contributed by atoms with van der Waals surface area (Å²) in [6.07, 6.45) is 0.645. The molecule has 0 aromatic heterocycles. The quantitative estimate of drug-likeness (QED) is 0.241. The summed E-state index contributed by atoms with van der Waals surface area (Å²) < 4.78 is 5.00. The summed E-state index contributed by atoms with van der Waals surface area (Å²) in [6, 6.07) is 30.3. The maximum absolute atomic E-state index is 13.9. The topological polar surface area (TPSA) is 69.9 Å². The minimum absolute atomic E-state index is 0.0366. The first-order valence-electron chi connectivity index (χ1n) is 14.4. The van der Waals surface area contributed by atoms with E-state index in [-0.39, 0.29) is 29.7 Å². The summed E-state index contributed by atoms with van der Waals surface area (Å²) in [4.78, 5) is 45.8. The van der Waals surface area contributed by atoms with Crippen LogP contribution in [-0.2, 0) is 24.7 Å². The molecule has 1 spiro atoms. The second-order valence-electron chi connectivity index (χ2n) is 11.9. The molecule has 6 rings (SSSR count). The highest BCUT2D eigenvalue weighted by molar-refractivity contribution is 5.94. The van der Waals surface area contributed by atoms with Gasteiger partial charge in [-0.05, 0) is 29.0 Å². The molecule has 41 heavy (non-hydrogen) atoms. The zero-order valence-electron chi connectivity index (χ0n) is 23.9. The van der Waals surface area contributed by atoms with Crippen molar-refractivity contribution >= 4 is 17.8 Å². The molecule has 0 bridgehead atoms. The Bertz CT molecular complexity index is 1320. The maximum atomic E-state index is 13.9. The zero-order valence-corrected chi connectivity index (χ0v) is 23.9. The molecule has 7 heteroatoms. The molecule has 3 aromatic rings. The third-order valence-electron chi connectivity index (χ3n) is 9.16. The standard InChI is InChI=1S/C34H37N3O4/c1-24(2)29(31(39)41-3)36-20-19-33(32(36)40)22-35(23-33)30(38)28-21-37(28)34(25-13-7-4-8-14-25,26-15-9-5-10-16-26)27-17-11-6-12-18-27/h4-18,24,28-29H,19-23H2,1-3H3/t28?,29-,37+/m0/s1. The Hall–Kier alpha value is -3.97. The van der Waals surface area contributed by atoms with E-state index in [1.54, 1.807) is 4.90 Å². The summed E-state index contributed by atoms with van der Waals surface area (Å²) in [5.41, 5.74) is 2.09. The Kier molecular flexibility index (Phi) is 6.94. The minimum atomic E-state index is -0.627. The van der Waals surface area contributed by atoms with Crippen LogP contribution in [0.4, 0.5) is 0 Å². The highest BCUT2D eigenvalue weighted by Gasteiger charge is 2.62. The highest BCUT2D eigenvalue weighted by atomic mass is 16.5. The first-order valence-corrected chi connectivity index (χ1v) is 14.4. The average molecular weight is 552 g/mol. The van der Waals surface area contributed by atoms with Crippen LogP contribution >= 0.6 is 0 Å². The largest absolute Gasteiger partial charge is 0.467 e. The number of esters is 1. The molecule has 0 saturated carbocycles. The van der Waals surface area contributed by atoms with E-state index >= 15 is 0 Å². The normalized spacial score (nSPS) is 22.0. The number of ether oxygens (including phenoxy) is 1. The fraction of sp³-hybridized carbons (Fsp3) is 0.382. The van der Waals surface area contributed by atoms with Gasteiger partial charge in [-0.25, -0.2) is 4.79 Å². The lowest BCUT2D eigenvalue weighted by molar-refractivity contribution is -0.161. The molecule has 212 valence electrons. The Morgan fingerprint density at radius 2 is 1.34 bits per heavy atom. The van der Waals surface area contributed by atoms with Gasteiger partial charge in [-0.3, -0.25) is 14.5 Å². The first-order chi connectivity index (χ1) is 19.8. The average Bonchev–Trinajstić information content (AvgIpc) is 3.71. The van der Waals surface area contributed by atoms with Crippen LogP contribution < -0.4 is 0 Å². The number of amides is 2. The second kappa shape index (κ2) is 10.5. The Balaban J connectivity index is 1.26. The van der Waals surface area contributed by atoms with Crippen LogP contribution in [0.2, 0.25) is 0 Å². The van der Waals surface area contributed by atoms with Gasteiger partial charge in [0.2, 0.25) is 11.8 Å². The van der Waals surface area contributed by atoms with Gasteiger partial charge < -0.3 is 14.5 Å². The number of likely N-dealkylation sites (tertiary alicyclic amines) is 2. The number of carbonyl (C=O) groups is 3. The van der Waals surface area contributed by atoms with Crippen molar-refractivity contribution in [2.24, 2.45) is 11.3 Å². The van der Waals surface area contributed by atoms with Crippen molar-refractivity contribution in [2.45, 2.75) is 37.9 Å². The van der Waals surface area contributed by atoms with E-state index < -0.39 is 17.0 Å². The number of rotatable bonds is 8. The summed E-state index contributed by atoms with van der Waals surface area (Å²) >= 11 is 0. The predicted octanol–water partition coefficient (Wildman–Crippen LogP) is 3.92. The van der Waals surface area contributed by atoms with E-state index in [9.17, 15) is 14.4 Å². The minimum Gasteiger partial charge on any atom is -0.467 e. The second-order valence-corrected chi connectivity index (χ2v) is 11.9. The molecule has 3 saturated heterocycles. The molecule has 0 aliphatic carbocycles. The molecule has 3 aromatic carbocycles. The van der Waals surface area contributed by atoms with Gasteiger partial charge in [-0.2, -0.15) is 0 Å². The smallest absolute Gasteiger partial charge is 0.328 e. The predicted molar refractivity (Wildman–Crippen MR) is 156 cm³/mol. The molecule has 3 atom stereocenters. The molecule has 0 radical (unpaired) electrons. The fourth-order valence-corrected chi connectivity index (χ4v) is 7.09. The van der Waals surface area contributed by atoms with E-state index in [2.05, 4.69) is 41.3 Å². The lowest BCUT2D eigenvalue weighted by Gasteiger charge is -2.47. The van der Waals surface area contributed by atoms with E-state index in [1.807, 2.05) is 73.3 Å². The fourth-order valence-electron chi connectivity index (χ4n) is 7.09. The maximum Gasteiger partial charge on any atom is 0.328 e. The van der Waals surface area contributed by atoms with Crippen molar-refractivity contribution < 1.29 is 19.1 Å². The van der Waals surface area contributed by atoms with Crippen LogP contribution in [0, 0.1) is 11.3 Å². The highest BCUT2D eigenvalue weighted by Crippen LogP contribution is 2.50. The lowest BCUT2D eigenvalue weighted by atomic mass is 9.76. The molecule has 7 nitrogen and oxygen atoms in total. The van der Waals surface area contributed by atoms with Crippen LogP contribution in [0.15, 0.2) is 91.0 Å². The van der Waals surface area contributed by atoms with Crippen molar-refractivity contribution in [3.63, 3.8) is 0 Å². The molecule has 2 amide bonds. The van der Waals surface area contributed by atoms with Crippen molar-refractivity contribution in [3.8, 4) is 0 Å². The van der Waals surface area contributed by atoms with Gasteiger partial charge in [-0.1, -0.05) is 105 Å². The number of hydrogen-bond acceptors (Lipinski definition) is 5. The SMILES string of the molecule is COC(=O)[C@H](C(C)C)N1CCC2(CN(C(=O)C3C[N@@]3C(c3ccccc3)(c3ccccc3)c3ccccc3)C2)C1=O. The lowest BCUT2D eigenvalue weighted by Crippen LogP contribution is -2.63. The van der Waals surface area contributed by atoms with E-state index in [1.165, 1.54) is 7.11 Å². The zero-order chi connectivity index (χ0) is 28.8. The molecule has 3 fully saturated rings. The first kappa shape index (κ1) is 27.2. The van der Waals surface area contributed by atoms with Crippen molar-refractivity contribution in [3.05, 3.63) is 108 Å². The van der Waals surface area contributed by atoms with E-state index in [0.29, 0.717) is 32.6 Å². The molecular weight excluding hydrogens is 514 g/mol. The van der Waals surface area contributed by atoms with Crippen LogP contribution in [-0.4, -0.2) is 77.9 Å². The number of nitrogens with zero attached hydrogens (tertiary/aromatic N) is 3. The van der Waals surface area contributed by atoms with Crippen molar-refractivity contribution in [1.82, 2.24) is 14.7 Å². The van der Waals surface area contributed by atoms with Gasteiger partial charge in [-0.15, -0.1) is 0 Å². The number of benzene rings is 3. The Morgan fingerprint density at radius 3 is 1.78 bits per heavy atom. The molecule has 3 heterocycles. The molecule has 0 N–H and O–H groups in total. The van der Waals surface area contributed by atoms with Gasteiger partial charge in [0.15, 0.2) is 0 Å². The molecule has 3 aliphatic rings. The monoisotopic (exact) mass is 551 g/mol. The number of carbonyl (C=O) groups excluding carboxylic acids is 3. The summed E-state index contributed by atoms with van der Waals surface area (Å²) in [5.74, 6) is -0.417. The summed E-state index contributed by atoms with van der Waals surface area (Å²) in [5, 5.41) is 0. The van der Waals surface area contributed by atoms with Crippen LogP contribution in [0.5, 0.6) is 0 Å². The van der Waals surface area contributed by atoms with Crippen molar-refractivity contribution in [2.75, 3.05) is 33.3 Å². The third-order valence-corrected chi connectivity index (χ3v) is 9.16. The molecule has 1 unspecified atom stereocenters.